The SMILES string of the molecule is COCC(=O)NC1CCOc2ccc(S(=O)(=O)Cl)cc21. The van der Waals surface area contributed by atoms with E-state index >= 15 is 0 Å². The van der Waals surface area contributed by atoms with Crippen molar-refractivity contribution in [1.29, 1.82) is 0 Å². The Bertz CT molecular complexity index is 616. The molecule has 0 aliphatic carbocycles. The van der Waals surface area contributed by atoms with Gasteiger partial charge in [-0.05, 0) is 18.2 Å². The monoisotopic (exact) mass is 319 g/mol. The van der Waals surface area contributed by atoms with E-state index in [2.05, 4.69) is 5.32 Å². The van der Waals surface area contributed by atoms with E-state index in [9.17, 15) is 13.2 Å². The minimum absolute atomic E-state index is 0.0191. The van der Waals surface area contributed by atoms with Gasteiger partial charge in [0.25, 0.3) is 9.05 Å². The Morgan fingerprint density at radius 2 is 2.30 bits per heavy atom. The molecule has 1 amide bonds. The summed E-state index contributed by atoms with van der Waals surface area (Å²) in [6.07, 6.45) is 0.550. The number of amides is 1. The Hall–Kier alpha value is -1.31. The van der Waals surface area contributed by atoms with Crippen molar-refractivity contribution in [1.82, 2.24) is 5.32 Å². The van der Waals surface area contributed by atoms with Crippen LogP contribution in [0.3, 0.4) is 0 Å². The Morgan fingerprint density at radius 1 is 1.55 bits per heavy atom. The van der Waals surface area contributed by atoms with Crippen molar-refractivity contribution in [2.24, 2.45) is 0 Å². The second-order valence-corrected chi connectivity index (χ2v) is 6.89. The highest BCUT2D eigenvalue weighted by Gasteiger charge is 2.25. The minimum Gasteiger partial charge on any atom is -0.493 e. The molecule has 1 atom stereocenters. The molecule has 1 heterocycles. The Morgan fingerprint density at radius 3 is 2.95 bits per heavy atom. The number of fused-ring (bicyclic) bond motifs is 1. The number of halogens is 1. The molecule has 1 aromatic rings. The van der Waals surface area contributed by atoms with Crippen LogP contribution in [0.2, 0.25) is 0 Å². The highest BCUT2D eigenvalue weighted by molar-refractivity contribution is 8.13. The summed E-state index contributed by atoms with van der Waals surface area (Å²) in [5.41, 5.74) is 0.599. The first-order chi connectivity index (χ1) is 9.41. The second kappa shape index (κ2) is 5.99. The van der Waals surface area contributed by atoms with Crippen molar-refractivity contribution in [2.75, 3.05) is 20.3 Å². The number of carbonyl (C=O) groups excluding carboxylic acids is 1. The lowest BCUT2D eigenvalue weighted by Gasteiger charge is -2.27. The summed E-state index contributed by atoms with van der Waals surface area (Å²) < 4.78 is 32.9. The van der Waals surface area contributed by atoms with Gasteiger partial charge in [-0.25, -0.2) is 8.42 Å². The third-order valence-electron chi connectivity index (χ3n) is 2.91. The molecule has 0 bridgehead atoms. The van der Waals surface area contributed by atoms with Crippen molar-refractivity contribution in [2.45, 2.75) is 17.4 Å². The molecular formula is C12H14ClNO5S. The molecule has 20 heavy (non-hydrogen) atoms. The topological polar surface area (TPSA) is 81.7 Å². The maximum Gasteiger partial charge on any atom is 0.261 e. The van der Waals surface area contributed by atoms with E-state index < -0.39 is 9.05 Å². The first-order valence-corrected chi connectivity index (χ1v) is 8.22. The van der Waals surface area contributed by atoms with Gasteiger partial charge >= 0.3 is 0 Å². The summed E-state index contributed by atoms with van der Waals surface area (Å²) in [4.78, 5) is 11.6. The van der Waals surface area contributed by atoms with Crippen LogP contribution in [0.25, 0.3) is 0 Å². The molecule has 8 heteroatoms. The van der Waals surface area contributed by atoms with Gasteiger partial charge in [-0.15, -0.1) is 0 Å². The summed E-state index contributed by atoms with van der Waals surface area (Å²) in [7, 11) is 2.94. The molecule has 2 rings (SSSR count). The van der Waals surface area contributed by atoms with Crippen LogP contribution in [0.5, 0.6) is 5.75 Å². The van der Waals surface area contributed by atoms with Gasteiger partial charge < -0.3 is 14.8 Å². The van der Waals surface area contributed by atoms with E-state index in [1.807, 2.05) is 0 Å². The molecule has 0 spiro atoms. The van der Waals surface area contributed by atoms with Crippen LogP contribution in [0.4, 0.5) is 0 Å². The number of nitrogens with one attached hydrogen (secondary N) is 1. The standard InChI is InChI=1S/C12H14ClNO5S/c1-18-7-12(15)14-10-4-5-19-11-3-2-8(6-9(10)11)20(13,16)17/h2-3,6,10H,4-5,7H2,1H3,(H,14,15). The number of carbonyl (C=O) groups is 1. The second-order valence-electron chi connectivity index (χ2n) is 4.33. The average Bonchev–Trinajstić information content (AvgIpc) is 2.38. The normalized spacial score (nSPS) is 18.0. The molecule has 1 N–H and O–H groups in total. The smallest absolute Gasteiger partial charge is 0.261 e. The van der Waals surface area contributed by atoms with Crippen LogP contribution in [0.1, 0.15) is 18.0 Å². The number of methoxy groups -OCH3 is 1. The van der Waals surface area contributed by atoms with Gasteiger partial charge in [-0.1, -0.05) is 0 Å². The molecule has 0 fully saturated rings. The van der Waals surface area contributed by atoms with Gasteiger partial charge in [-0.2, -0.15) is 0 Å². The van der Waals surface area contributed by atoms with Crippen LogP contribution in [0.15, 0.2) is 23.1 Å². The van der Waals surface area contributed by atoms with Crippen molar-refractivity contribution < 1.29 is 22.7 Å². The molecule has 1 aliphatic heterocycles. The lowest BCUT2D eigenvalue weighted by Crippen LogP contribution is -2.34. The Labute approximate surface area is 121 Å². The van der Waals surface area contributed by atoms with Gasteiger partial charge in [0.1, 0.15) is 12.4 Å². The number of benzene rings is 1. The zero-order valence-electron chi connectivity index (χ0n) is 10.8. The molecule has 110 valence electrons. The molecule has 0 radical (unpaired) electrons. The molecular weight excluding hydrogens is 306 g/mol. The van der Waals surface area contributed by atoms with Gasteiger partial charge in [-0.3, -0.25) is 4.79 Å². The first-order valence-electron chi connectivity index (χ1n) is 5.91. The molecule has 1 unspecified atom stereocenters. The third kappa shape index (κ3) is 3.41. The fraction of sp³-hybridized carbons (Fsp3) is 0.417. The molecule has 6 nitrogen and oxygen atoms in total. The number of hydrogen-bond donors (Lipinski definition) is 1. The maximum absolute atomic E-state index is 11.6. The van der Waals surface area contributed by atoms with Crippen LogP contribution in [-0.2, 0) is 18.6 Å². The summed E-state index contributed by atoms with van der Waals surface area (Å²) in [5, 5.41) is 2.77. The van der Waals surface area contributed by atoms with Crippen molar-refractivity contribution >= 4 is 25.6 Å². The van der Waals surface area contributed by atoms with Crippen LogP contribution >= 0.6 is 10.7 Å². The zero-order chi connectivity index (χ0) is 14.8. The summed E-state index contributed by atoms with van der Waals surface area (Å²) in [6, 6.07) is 4.02. The van der Waals surface area contributed by atoms with Gasteiger partial charge in [0.05, 0.1) is 17.5 Å². The highest BCUT2D eigenvalue weighted by Crippen LogP contribution is 2.34. The summed E-state index contributed by atoms with van der Waals surface area (Å²) in [5.74, 6) is 0.271. The lowest BCUT2D eigenvalue weighted by molar-refractivity contribution is -0.125. The first kappa shape index (κ1) is 15.1. The summed E-state index contributed by atoms with van der Waals surface area (Å²) >= 11 is 0. The van der Waals surface area contributed by atoms with Crippen LogP contribution < -0.4 is 10.1 Å². The molecule has 0 saturated carbocycles. The fourth-order valence-corrected chi connectivity index (χ4v) is 2.83. The van der Waals surface area contributed by atoms with Gasteiger partial charge in [0, 0.05) is 29.8 Å². The summed E-state index contributed by atoms with van der Waals surface area (Å²) in [6.45, 7) is 0.387. The number of rotatable bonds is 4. The van der Waals surface area contributed by atoms with Crippen molar-refractivity contribution in [3.05, 3.63) is 23.8 Å². The predicted octanol–water partition coefficient (Wildman–Crippen LogP) is 1.20. The van der Waals surface area contributed by atoms with Gasteiger partial charge in [0.15, 0.2) is 0 Å². The largest absolute Gasteiger partial charge is 0.493 e. The maximum atomic E-state index is 11.6. The van der Waals surface area contributed by atoms with E-state index in [-0.39, 0.29) is 23.5 Å². The minimum atomic E-state index is -3.82. The van der Waals surface area contributed by atoms with E-state index in [4.69, 9.17) is 20.2 Å². The van der Waals surface area contributed by atoms with Crippen LogP contribution in [0, 0.1) is 0 Å². The zero-order valence-corrected chi connectivity index (χ0v) is 12.3. The molecule has 1 aromatic carbocycles. The number of hydrogen-bond acceptors (Lipinski definition) is 5. The third-order valence-corrected chi connectivity index (χ3v) is 4.26. The van der Waals surface area contributed by atoms with Crippen molar-refractivity contribution in [3.63, 3.8) is 0 Å². The average molecular weight is 320 g/mol. The fourth-order valence-electron chi connectivity index (χ4n) is 2.04. The highest BCUT2D eigenvalue weighted by atomic mass is 35.7. The van der Waals surface area contributed by atoms with E-state index in [0.29, 0.717) is 24.3 Å². The molecule has 1 aliphatic rings. The Kier molecular flexibility index (Phi) is 4.52. The Balaban J connectivity index is 2.31. The van der Waals surface area contributed by atoms with E-state index in [0.717, 1.165) is 0 Å². The van der Waals surface area contributed by atoms with Gasteiger partial charge in [0.2, 0.25) is 5.91 Å². The van der Waals surface area contributed by atoms with Crippen molar-refractivity contribution in [3.8, 4) is 5.75 Å². The molecule has 0 saturated heterocycles. The van der Waals surface area contributed by atoms with Crippen LogP contribution in [-0.4, -0.2) is 34.6 Å². The predicted molar refractivity (Wildman–Crippen MR) is 72.4 cm³/mol. The lowest BCUT2D eigenvalue weighted by atomic mass is 10.0. The van der Waals surface area contributed by atoms with E-state index in [1.54, 1.807) is 6.07 Å². The number of ether oxygens (including phenoxy) is 2. The quantitative estimate of drug-likeness (QED) is 0.843. The molecule has 0 aromatic heterocycles. The van der Waals surface area contributed by atoms with E-state index in [1.165, 1.54) is 19.2 Å².